The molecule has 0 saturated heterocycles. The zero-order valence-corrected chi connectivity index (χ0v) is 10.8. The van der Waals surface area contributed by atoms with E-state index in [0.717, 1.165) is 25.7 Å². The minimum absolute atomic E-state index is 0.186. The number of rotatable bonds is 3. The molecule has 1 aromatic rings. The zero-order chi connectivity index (χ0) is 13.0. The lowest BCUT2D eigenvalue weighted by Gasteiger charge is -2.31. The molecule has 1 saturated carbocycles. The van der Waals surface area contributed by atoms with E-state index in [0.29, 0.717) is 16.4 Å². The Balaban J connectivity index is 2.10. The highest BCUT2D eigenvalue weighted by atomic mass is 35.5. The third-order valence-electron chi connectivity index (χ3n) is 3.44. The molecule has 0 spiro atoms. The van der Waals surface area contributed by atoms with Gasteiger partial charge in [0.1, 0.15) is 11.9 Å². The number of aromatic nitrogens is 1. The van der Waals surface area contributed by atoms with Gasteiger partial charge >= 0.3 is 0 Å². The van der Waals surface area contributed by atoms with Gasteiger partial charge in [0.15, 0.2) is 0 Å². The first-order valence-electron chi connectivity index (χ1n) is 6.17. The minimum atomic E-state index is 0.186. The fourth-order valence-electron chi connectivity index (χ4n) is 2.40. The van der Waals surface area contributed by atoms with Crippen molar-refractivity contribution in [2.24, 2.45) is 5.92 Å². The number of nitrogens with one attached hydrogen (secondary N) is 1. The Morgan fingerprint density at radius 1 is 1.50 bits per heavy atom. The second-order valence-electron chi connectivity index (χ2n) is 4.64. The van der Waals surface area contributed by atoms with Crippen LogP contribution in [0.4, 0.5) is 5.82 Å². The molecule has 18 heavy (non-hydrogen) atoms. The number of nitrogens with zero attached hydrogens (tertiary/aromatic N) is 2. The maximum atomic E-state index is 9.35. The van der Waals surface area contributed by atoms with Crippen LogP contribution in [0.25, 0.3) is 0 Å². The van der Waals surface area contributed by atoms with E-state index in [9.17, 15) is 5.11 Å². The summed E-state index contributed by atoms with van der Waals surface area (Å²) in [5.74, 6) is 0.855. The Morgan fingerprint density at radius 3 is 2.94 bits per heavy atom. The number of pyridine rings is 1. The number of aliphatic hydroxyl groups is 1. The van der Waals surface area contributed by atoms with E-state index >= 15 is 0 Å². The van der Waals surface area contributed by atoms with Gasteiger partial charge in [-0.3, -0.25) is 0 Å². The summed E-state index contributed by atoms with van der Waals surface area (Å²) < 4.78 is 0. The number of hydrogen-bond acceptors (Lipinski definition) is 4. The van der Waals surface area contributed by atoms with E-state index in [4.69, 9.17) is 16.9 Å². The summed E-state index contributed by atoms with van der Waals surface area (Å²) in [4.78, 5) is 4.16. The van der Waals surface area contributed by atoms with Gasteiger partial charge in [0.25, 0.3) is 0 Å². The molecular formula is C13H16ClN3O. The summed E-state index contributed by atoms with van der Waals surface area (Å²) in [7, 11) is 0. The van der Waals surface area contributed by atoms with Crippen LogP contribution in [0.2, 0.25) is 5.02 Å². The van der Waals surface area contributed by atoms with Crippen molar-refractivity contribution < 1.29 is 5.11 Å². The maximum absolute atomic E-state index is 9.35. The third-order valence-corrected chi connectivity index (χ3v) is 3.72. The van der Waals surface area contributed by atoms with Crippen LogP contribution in [0.3, 0.4) is 0 Å². The molecule has 0 aliphatic heterocycles. The number of anilines is 1. The molecule has 2 atom stereocenters. The highest BCUT2D eigenvalue weighted by molar-refractivity contribution is 6.33. The topological polar surface area (TPSA) is 68.9 Å². The standard InChI is InChI=1S/C13H16ClN3O/c14-11-5-9(6-15)7-16-13(11)17-12-4-2-1-3-10(12)8-18/h5,7,10,12,18H,1-4,8H2,(H,16,17)/t10-,12+/m1/s1. The molecule has 1 heterocycles. The van der Waals surface area contributed by atoms with Gasteiger partial charge in [-0.2, -0.15) is 5.26 Å². The fraction of sp³-hybridized carbons (Fsp3) is 0.538. The summed E-state index contributed by atoms with van der Waals surface area (Å²) in [5, 5.41) is 21.9. The van der Waals surface area contributed by atoms with Gasteiger partial charge in [0.2, 0.25) is 0 Å². The van der Waals surface area contributed by atoms with Crippen LogP contribution in [-0.4, -0.2) is 22.7 Å². The number of nitriles is 1. The molecule has 1 aromatic heterocycles. The van der Waals surface area contributed by atoms with Crippen molar-refractivity contribution in [1.29, 1.82) is 5.26 Å². The molecule has 0 unspecified atom stereocenters. The monoisotopic (exact) mass is 265 g/mol. The zero-order valence-electron chi connectivity index (χ0n) is 10.1. The van der Waals surface area contributed by atoms with Gasteiger partial charge in [0.05, 0.1) is 10.6 Å². The summed E-state index contributed by atoms with van der Waals surface area (Å²) >= 11 is 6.08. The molecule has 2 rings (SSSR count). The quantitative estimate of drug-likeness (QED) is 0.881. The second-order valence-corrected chi connectivity index (χ2v) is 5.05. The van der Waals surface area contributed by atoms with Crippen LogP contribution in [0.5, 0.6) is 0 Å². The molecule has 4 nitrogen and oxygen atoms in total. The van der Waals surface area contributed by atoms with Gasteiger partial charge in [-0.1, -0.05) is 24.4 Å². The van der Waals surface area contributed by atoms with Crippen LogP contribution < -0.4 is 5.32 Å². The van der Waals surface area contributed by atoms with Gasteiger partial charge in [-0.25, -0.2) is 4.98 Å². The number of halogens is 1. The highest BCUT2D eigenvalue weighted by Crippen LogP contribution is 2.29. The molecule has 0 bridgehead atoms. The van der Waals surface area contributed by atoms with Crippen LogP contribution in [0, 0.1) is 17.2 Å². The van der Waals surface area contributed by atoms with Gasteiger partial charge in [-0.05, 0) is 18.9 Å². The average molecular weight is 266 g/mol. The number of hydrogen-bond donors (Lipinski definition) is 2. The first kappa shape index (κ1) is 13.1. The summed E-state index contributed by atoms with van der Waals surface area (Å²) in [6.07, 6.45) is 5.87. The van der Waals surface area contributed by atoms with Crippen molar-refractivity contribution in [3.63, 3.8) is 0 Å². The second kappa shape index (κ2) is 6.03. The van der Waals surface area contributed by atoms with E-state index in [-0.39, 0.29) is 18.6 Å². The summed E-state index contributed by atoms with van der Waals surface area (Å²) in [6.45, 7) is 0.186. The largest absolute Gasteiger partial charge is 0.396 e. The molecular weight excluding hydrogens is 250 g/mol. The van der Waals surface area contributed by atoms with E-state index in [1.165, 1.54) is 6.20 Å². The molecule has 0 amide bonds. The molecule has 5 heteroatoms. The van der Waals surface area contributed by atoms with Crippen molar-refractivity contribution in [1.82, 2.24) is 4.98 Å². The molecule has 1 aliphatic rings. The van der Waals surface area contributed by atoms with Gasteiger partial charge in [0, 0.05) is 24.8 Å². The Labute approximate surface area is 112 Å². The van der Waals surface area contributed by atoms with Crippen molar-refractivity contribution in [2.75, 3.05) is 11.9 Å². The van der Waals surface area contributed by atoms with E-state index in [1.807, 2.05) is 6.07 Å². The lowest BCUT2D eigenvalue weighted by atomic mass is 9.85. The van der Waals surface area contributed by atoms with Crippen LogP contribution in [0.1, 0.15) is 31.2 Å². The van der Waals surface area contributed by atoms with Crippen molar-refractivity contribution in [3.8, 4) is 6.07 Å². The summed E-state index contributed by atoms with van der Waals surface area (Å²) in [6, 6.07) is 3.82. The van der Waals surface area contributed by atoms with Crippen LogP contribution in [0.15, 0.2) is 12.3 Å². The lowest BCUT2D eigenvalue weighted by Crippen LogP contribution is -2.34. The predicted molar refractivity (Wildman–Crippen MR) is 70.4 cm³/mol. The third kappa shape index (κ3) is 2.92. The smallest absolute Gasteiger partial charge is 0.145 e. The van der Waals surface area contributed by atoms with Crippen LogP contribution >= 0.6 is 11.6 Å². The first-order chi connectivity index (χ1) is 8.74. The average Bonchev–Trinajstić information content (AvgIpc) is 2.41. The Bertz CT molecular complexity index is 458. The molecule has 96 valence electrons. The Kier molecular flexibility index (Phi) is 4.40. The summed E-state index contributed by atoms with van der Waals surface area (Å²) in [5.41, 5.74) is 0.452. The Morgan fingerprint density at radius 2 is 2.28 bits per heavy atom. The van der Waals surface area contributed by atoms with Crippen LogP contribution in [-0.2, 0) is 0 Å². The first-order valence-corrected chi connectivity index (χ1v) is 6.55. The lowest BCUT2D eigenvalue weighted by molar-refractivity contribution is 0.178. The van der Waals surface area contributed by atoms with Crippen molar-refractivity contribution >= 4 is 17.4 Å². The highest BCUT2D eigenvalue weighted by Gasteiger charge is 2.25. The van der Waals surface area contributed by atoms with E-state index in [1.54, 1.807) is 6.07 Å². The molecule has 1 aliphatic carbocycles. The molecule has 0 aromatic carbocycles. The van der Waals surface area contributed by atoms with Crippen molar-refractivity contribution in [2.45, 2.75) is 31.7 Å². The van der Waals surface area contributed by atoms with Crippen molar-refractivity contribution in [3.05, 3.63) is 22.8 Å². The molecule has 2 N–H and O–H groups in total. The number of aliphatic hydroxyl groups excluding tert-OH is 1. The normalized spacial score (nSPS) is 23.4. The Hall–Kier alpha value is -1.31. The van der Waals surface area contributed by atoms with Gasteiger partial charge < -0.3 is 10.4 Å². The molecule has 1 fully saturated rings. The van der Waals surface area contributed by atoms with Gasteiger partial charge in [-0.15, -0.1) is 0 Å². The maximum Gasteiger partial charge on any atom is 0.145 e. The fourth-order valence-corrected chi connectivity index (χ4v) is 2.62. The van der Waals surface area contributed by atoms with E-state index < -0.39 is 0 Å². The minimum Gasteiger partial charge on any atom is -0.396 e. The predicted octanol–water partition coefficient (Wildman–Crippen LogP) is 2.57. The SMILES string of the molecule is N#Cc1cnc(N[C@H]2CCCC[C@@H]2CO)c(Cl)c1. The van der Waals surface area contributed by atoms with E-state index in [2.05, 4.69) is 10.3 Å². The molecule has 0 radical (unpaired) electrons.